The lowest BCUT2D eigenvalue weighted by Gasteiger charge is -1.94. The number of carbonyl (C=O) groups excluding carboxylic acids is 3. The van der Waals surface area contributed by atoms with E-state index in [1.165, 1.54) is 20.1 Å². The lowest BCUT2D eigenvalue weighted by atomic mass is 10.4. The first kappa shape index (κ1) is 29.8. The van der Waals surface area contributed by atoms with Crippen LogP contribution in [0, 0.1) is 11.3 Å². The normalized spacial score (nSPS) is 7.00. The molecule has 0 bridgehead atoms. The fourth-order valence-electron chi connectivity index (χ4n) is 0.497. The van der Waals surface area contributed by atoms with E-state index in [1.807, 2.05) is 0 Å². The summed E-state index contributed by atoms with van der Waals surface area (Å²) in [5.74, 6) is -1.18. The minimum atomic E-state index is -0.501. The minimum Gasteiger partial charge on any atom is -0.466 e. The smallest absolute Gasteiger partial charge is 0.332 e. The molecule has 0 atom stereocenters. The Hall–Kier alpha value is -3.18. The molecule has 0 aliphatic carbocycles. The number of nitriles is 1. The third-order valence-electron chi connectivity index (χ3n) is 1.38. The Labute approximate surface area is 148 Å². The van der Waals surface area contributed by atoms with Crippen molar-refractivity contribution in [2.45, 2.75) is 13.8 Å². The molecule has 0 saturated carbocycles. The summed E-state index contributed by atoms with van der Waals surface area (Å²) in [6.45, 7) is 15.6. The predicted octanol–water partition coefficient (Wildman–Crippen LogP) is 1.83. The molecule has 25 heavy (non-hydrogen) atoms. The molecule has 0 aliphatic rings. The van der Waals surface area contributed by atoms with Gasteiger partial charge in [-0.15, -0.1) is 0 Å². The van der Waals surface area contributed by atoms with Crippen molar-refractivity contribution in [3.05, 3.63) is 50.3 Å². The number of rotatable bonds is 5. The van der Waals surface area contributed by atoms with Crippen molar-refractivity contribution in [1.29, 1.82) is 5.26 Å². The first-order valence-electron chi connectivity index (χ1n) is 6.60. The largest absolute Gasteiger partial charge is 0.466 e. The molecule has 0 aliphatic heterocycles. The average molecular weight is 355 g/mol. The molecule has 0 amide bonds. The molecule has 8 nitrogen and oxygen atoms in total. The summed E-state index contributed by atoms with van der Waals surface area (Å²) in [4.78, 5) is 30.1. The van der Waals surface area contributed by atoms with Crippen LogP contribution in [0.1, 0.15) is 13.8 Å². The summed E-state index contributed by atoms with van der Waals surface area (Å²) in [5, 5.41) is 15.6. The van der Waals surface area contributed by atoms with E-state index in [0.29, 0.717) is 5.57 Å². The van der Waals surface area contributed by atoms with Crippen molar-refractivity contribution < 1.29 is 33.7 Å². The number of hydrogen-bond acceptors (Lipinski definition) is 8. The van der Waals surface area contributed by atoms with Crippen molar-refractivity contribution in [2.24, 2.45) is 0 Å². The number of aliphatic hydroxyl groups is 1. The molecule has 0 rings (SSSR count). The van der Waals surface area contributed by atoms with Crippen LogP contribution in [0.2, 0.25) is 0 Å². The molecule has 0 unspecified atom stereocenters. The predicted molar refractivity (Wildman–Crippen MR) is 92.8 cm³/mol. The quantitative estimate of drug-likeness (QED) is 0.260. The van der Waals surface area contributed by atoms with Crippen LogP contribution < -0.4 is 0 Å². The van der Waals surface area contributed by atoms with Gasteiger partial charge in [-0.2, -0.15) is 5.26 Å². The van der Waals surface area contributed by atoms with Gasteiger partial charge in [0, 0.05) is 24.6 Å². The van der Waals surface area contributed by atoms with Crippen LogP contribution in [0.25, 0.3) is 0 Å². The zero-order valence-electron chi connectivity index (χ0n) is 14.8. The van der Waals surface area contributed by atoms with Gasteiger partial charge in [-0.05, 0) is 6.92 Å². The van der Waals surface area contributed by atoms with E-state index in [0.717, 1.165) is 12.3 Å². The van der Waals surface area contributed by atoms with Gasteiger partial charge in [-0.1, -0.05) is 26.3 Å². The highest BCUT2D eigenvalue weighted by Crippen LogP contribution is 1.87. The third-order valence-corrected chi connectivity index (χ3v) is 1.38. The van der Waals surface area contributed by atoms with Crippen LogP contribution in [0.5, 0.6) is 0 Å². The lowest BCUT2D eigenvalue weighted by molar-refractivity contribution is -0.139. The van der Waals surface area contributed by atoms with Crippen LogP contribution in [0.15, 0.2) is 50.3 Å². The van der Waals surface area contributed by atoms with E-state index in [9.17, 15) is 14.4 Å². The van der Waals surface area contributed by atoms with E-state index in [4.69, 9.17) is 10.4 Å². The van der Waals surface area contributed by atoms with Crippen molar-refractivity contribution in [2.75, 3.05) is 20.3 Å². The van der Waals surface area contributed by atoms with E-state index in [1.54, 1.807) is 13.0 Å². The number of allylic oxidation sites excluding steroid dienone is 1. The minimum absolute atomic E-state index is 0.0465. The summed E-state index contributed by atoms with van der Waals surface area (Å²) in [7, 11) is 1.33. The van der Waals surface area contributed by atoms with Gasteiger partial charge in [0.15, 0.2) is 0 Å². The maximum atomic E-state index is 10.2. The van der Waals surface area contributed by atoms with Crippen LogP contribution in [-0.2, 0) is 28.6 Å². The fourth-order valence-corrected chi connectivity index (χ4v) is 0.497. The van der Waals surface area contributed by atoms with Crippen molar-refractivity contribution >= 4 is 17.9 Å². The van der Waals surface area contributed by atoms with E-state index in [-0.39, 0.29) is 25.2 Å². The number of hydrogen-bond donors (Lipinski definition) is 1. The molecule has 140 valence electrons. The third kappa shape index (κ3) is 44.9. The van der Waals surface area contributed by atoms with Gasteiger partial charge in [0.25, 0.3) is 0 Å². The Bertz CT molecular complexity index is 476. The number of carbonyl (C=O) groups is 3. The first-order chi connectivity index (χ1) is 11.7. The maximum Gasteiger partial charge on any atom is 0.332 e. The maximum absolute atomic E-state index is 10.2. The second-order valence-corrected chi connectivity index (χ2v) is 3.48. The van der Waals surface area contributed by atoms with Crippen molar-refractivity contribution in [1.82, 2.24) is 0 Å². The summed E-state index contributed by atoms with van der Waals surface area (Å²) >= 11 is 0. The van der Waals surface area contributed by atoms with Crippen molar-refractivity contribution in [3.8, 4) is 6.07 Å². The van der Waals surface area contributed by atoms with Gasteiger partial charge >= 0.3 is 17.9 Å². The van der Waals surface area contributed by atoms with Gasteiger partial charge < -0.3 is 19.3 Å². The Morgan fingerprint density at radius 3 is 1.80 bits per heavy atom. The number of aliphatic hydroxyl groups excluding tert-OH is 1. The van der Waals surface area contributed by atoms with Gasteiger partial charge in [0.1, 0.15) is 6.61 Å². The first-order valence-corrected chi connectivity index (χ1v) is 6.60. The number of ether oxygens (including phenoxy) is 3. The van der Waals surface area contributed by atoms with Gasteiger partial charge in [-0.25, -0.2) is 9.59 Å². The highest BCUT2D eigenvalue weighted by molar-refractivity contribution is 5.86. The van der Waals surface area contributed by atoms with E-state index in [2.05, 4.69) is 40.5 Å². The summed E-state index contributed by atoms with van der Waals surface area (Å²) in [5.41, 5.74) is 0.433. The topological polar surface area (TPSA) is 123 Å². The molecule has 0 aromatic rings. The SMILES string of the molecule is C=C(C)C(=O)OC.C=CC#N.C=CC(=O)OCCO.C=COC(C)=O. The Morgan fingerprint density at radius 2 is 1.68 bits per heavy atom. The zero-order valence-corrected chi connectivity index (χ0v) is 14.8. The molecular weight excluding hydrogens is 330 g/mol. The number of nitrogens with zero attached hydrogens (tertiary/aromatic N) is 1. The Morgan fingerprint density at radius 1 is 1.20 bits per heavy atom. The molecule has 0 saturated heterocycles. The van der Waals surface area contributed by atoms with Gasteiger partial charge in [-0.3, -0.25) is 4.79 Å². The number of esters is 3. The van der Waals surface area contributed by atoms with Gasteiger partial charge in [0.05, 0.1) is 26.0 Å². The van der Waals surface area contributed by atoms with Gasteiger partial charge in [0.2, 0.25) is 0 Å². The summed E-state index contributed by atoms with van der Waals surface area (Å²) in [6.07, 6.45) is 3.33. The van der Waals surface area contributed by atoms with Crippen LogP contribution in [-0.4, -0.2) is 43.3 Å². The summed E-state index contributed by atoms with van der Waals surface area (Å²) < 4.78 is 12.8. The second kappa shape index (κ2) is 25.8. The lowest BCUT2D eigenvalue weighted by Crippen LogP contribution is -2.04. The molecule has 0 radical (unpaired) electrons. The van der Waals surface area contributed by atoms with Crippen LogP contribution in [0.3, 0.4) is 0 Å². The van der Waals surface area contributed by atoms with E-state index < -0.39 is 5.97 Å². The number of methoxy groups -OCH3 is 1. The molecule has 0 aromatic heterocycles. The molecule has 0 fully saturated rings. The average Bonchev–Trinajstić information content (AvgIpc) is 2.59. The highest BCUT2D eigenvalue weighted by Gasteiger charge is 1.95. The summed E-state index contributed by atoms with van der Waals surface area (Å²) in [6, 6.07) is 1.69. The molecule has 0 heterocycles. The Kier molecular flexibility index (Phi) is 30.7. The molecular formula is C17H25NO7. The molecule has 0 spiro atoms. The molecule has 8 heteroatoms. The standard InChI is InChI=1S/C5H8O3.C5H8O2.C4H6O2.C3H3N/c1-2-5(7)8-4-3-6;1-4(2)5(6)7-3;1-3-6-4(2)5;1-2-3-4/h2,6H,1,3-4H2;1H2,2-3H3;3H,1H2,2H3;2H,1H2. The van der Waals surface area contributed by atoms with Crippen LogP contribution >= 0.6 is 0 Å². The monoisotopic (exact) mass is 355 g/mol. The second-order valence-electron chi connectivity index (χ2n) is 3.48. The highest BCUT2D eigenvalue weighted by atomic mass is 16.5. The molecule has 1 N–H and O–H groups in total. The van der Waals surface area contributed by atoms with Crippen molar-refractivity contribution in [3.63, 3.8) is 0 Å². The van der Waals surface area contributed by atoms with E-state index >= 15 is 0 Å². The van der Waals surface area contributed by atoms with Crippen LogP contribution in [0.4, 0.5) is 0 Å². The molecule has 0 aromatic carbocycles. The zero-order chi connectivity index (χ0) is 20.7. The Balaban J connectivity index is -0.000000121. The fraction of sp³-hybridized carbons (Fsp3) is 0.294.